The van der Waals surface area contributed by atoms with Crippen LogP contribution in [-0.2, 0) is 14.3 Å². The first-order chi connectivity index (χ1) is 12.0. The third-order valence-corrected chi connectivity index (χ3v) is 3.47. The molecule has 0 fully saturated rings. The Morgan fingerprint density at radius 1 is 1.40 bits per heavy atom. The number of ether oxygens (including phenoxy) is 2. The average molecular weight is 356 g/mol. The number of esters is 1. The molecule has 25 heavy (non-hydrogen) atoms. The summed E-state index contributed by atoms with van der Waals surface area (Å²) < 4.78 is 34.4. The van der Waals surface area contributed by atoms with Crippen molar-refractivity contribution in [3.05, 3.63) is 35.5 Å². The number of rotatable bonds is 8. The predicted octanol–water partition coefficient (Wildman–Crippen LogP) is 1.00. The van der Waals surface area contributed by atoms with Crippen LogP contribution in [-0.4, -0.2) is 61.7 Å². The maximum atomic E-state index is 12.4. The summed E-state index contributed by atoms with van der Waals surface area (Å²) in [5.74, 6) is -1.08. The summed E-state index contributed by atoms with van der Waals surface area (Å²) in [5.41, 5.74) is 0.316. The highest BCUT2D eigenvalue weighted by atomic mass is 19.3. The summed E-state index contributed by atoms with van der Waals surface area (Å²) in [7, 11) is 1.19. The molecule has 1 aromatic rings. The maximum Gasteiger partial charge on any atom is 0.337 e. The standard InChI is InChI=1S/C16H18F2N2O5/c1-24-16(23)10-8-20(6-7-21)15(22)14(10)19-11-4-2-3-5-12(11)25-9-13(17)18/h2-5,13,19,21H,6-9H2,1H3. The van der Waals surface area contributed by atoms with Gasteiger partial charge in [-0.3, -0.25) is 4.79 Å². The van der Waals surface area contributed by atoms with Crippen molar-refractivity contribution in [2.75, 3.05) is 38.7 Å². The number of aliphatic hydroxyl groups excluding tert-OH is 1. The number of anilines is 1. The number of aliphatic hydroxyl groups is 1. The number of alkyl halides is 2. The molecule has 7 nitrogen and oxygen atoms in total. The van der Waals surface area contributed by atoms with E-state index in [0.717, 1.165) is 0 Å². The molecule has 2 N–H and O–H groups in total. The quantitative estimate of drug-likeness (QED) is 0.676. The van der Waals surface area contributed by atoms with Crippen molar-refractivity contribution in [2.24, 2.45) is 0 Å². The molecule has 1 aliphatic heterocycles. The SMILES string of the molecule is COC(=O)C1=C(Nc2ccccc2OCC(F)F)C(=O)N(CCO)C1. The van der Waals surface area contributed by atoms with Gasteiger partial charge in [0.15, 0.2) is 0 Å². The van der Waals surface area contributed by atoms with Crippen LogP contribution in [0.5, 0.6) is 5.75 Å². The van der Waals surface area contributed by atoms with Crippen LogP contribution in [0.4, 0.5) is 14.5 Å². The van der Waals surface area contributed by atoms with E-state index in [4.69, 9.17) is 9.84 Å². The third-order valence-electron chi connectivity index (χ3n) is 3.47. The van der Waals surface area contributed by atoms with Gasteiger partial charge in [-0.1, -0.05) is 12.1 Å². The highest BCUT2D eigenvalue weighted by Crippen LogP contribution is 2.29. The highest BCUT2D eigenvalue weighted by Gasteiger charge is 2.34. The molecule has 0 bridgehead atoms. The molecule has 1 aliphatic rings. The fourth-order valence-electron chi connectivity index (χ4n) is 2.33. The van der Waals surface area contributed by atoms with Crippen molar-refractivity contribution < 1.29 is 33.0 Å². The van der Waals surface area contributed by atoms with Gasteiger partial charge in [0.1, 0.15) is 18.1 Å². The minimum Gasteiger partial charge on any atom is -0.485 e. The second kappa shape index (κ2) is 8.43. The largest absolute Gasteiger partial charge is 0.485 e. The normalized spacial score (nSPS) is 14.3. The van der Waals surface area contributed by atoms with E-state index in [1.165, 1.54) is 24.1 Å². The molecule has 136 valence electrons. The van der Waals surface area contributed by atoms with E-state index in [2.05, 4.69) is 10.1 Å². The molecule has 9 heteroatoms. The lowest BCUT2D eigenvalue weighted by Crippen LogP contribution is -2.31. The number of benzene rings is 1. The van der Waals surface area contributed by atoms with Gasteiger partial charge in [0.2, 0.25) is 0 Å². The Balaban J connectivity index is 2.29. The first-order valence-corrected chi connectivity index (χ1v) is 7.46. The van der Waals surface area contributed by atoms with Gasteiger partial charge in [0.05, 0.1) is 31.5 Å². The molecular weight excluding hydrogens is 338 g/mol. The molecule has 0 aromatic heterocycles. The second-order valence-electron chi connectivity index (χ2n) is 5.12. The zero-order valence-corrected chi connectivity index (χ0v) is 13.5. The fraction of sp³-hybridized carbons (Fsp3) is 0.375. The Morgan fingerprint density at radius 2 is 2.12 bits per heavy atom. The molecule has 0 atom stereocenters. The average Bonchev–Trinajstić information content (AvgIpc) is 2.90. The highest BCUT2D eigenvalue weighted by molar-refractivity contribution is 6.08. The summed E-state index contributed by atoms with van der Waals surface area (Å²) >= 11 is 0. The predicted molar refractivity (Wildman–Crippen MR) is 84.3 cm³/mol. The molecule has 0 unspecified atom stereocenters. The second-order valence-corrected chi connectivity index (χ2v) is 5.12. The van der Waals surface area contributed by atoms with Crippen LogP contribution in [0.1, 0.15) is 0 Å². The number of carbonyl (C=O) groups excluding carboxylic acids is 2. The third kappa shape index (κ3) is 4.44. The zero-order chi connectivity index (χ0) is 18.4. The molecular formula is C16H18F2N2O5. The first kappa shape index (κ1) is 18.7. The van der Waals surface area contributed by atoms with Crippen LogP contribution in [0.15, 0.2) is 35.5 Å². The van der Waals surface area contributed by atoms with Crippen molar-refractivity contribution >= 4 is 17.6 Å². The van der Waals surface area contributed by atoms with E-state index in [9.17, 15) is 18.4 Å². The molecule has 1 amide bonds. The minimum absolute atomic E-state index is 0.0194. The first-order valence-electron chi connectivity index (χ1n) is 7.46. The van der Waals surface area contributed by atoms with Crippen LogP contribution in [0.25, 0.3) is 0 Å². The lowest BCUT2D eigenvalue weighted by atomic mass is 10.2. The number of para-hydroxylation sites is 2. The Bertz CT molecular complexity index is 678. The maximum absolute atomic E-state index is 12.4. The van der Waals surface area contributed by atoms with Gasteiger partial charge in [-0.15, -0.1) is 0 Å². The monoisotopic (exact) mass is 356 g/mol. The van der Waals surface area contributed by atoms with E-state index in [-0.39, 0.29) is 42.4 Å². The molecule has 2 rings (SSSR count). The van der Waals surface area contributed by atoms with Crippen molar-refractivity contribution in [3.63, 3.8) is 0 Å². The number of hydrogen-bond donors (Lipinski definition) is 2. The molecule has 0 radical (unpaired) electrons. The number of nitrogens with zero attached hydrogens (tertiary/aromatic N) is 1. The Morgan fingerprint density at radius 3 is 2.76 bits per heavy atom. The number of methoxy groups -OCH3 is 1. The van der Waals surface area contributed by atoms with E-state index in [0.29, 0.717) is 0 Å². The van der Waals surface area contributed by atoms with Crippen LogP contribution < -0.4 is 10.1 Å². The number of amides is 1. The number of β-amino-alcohol motifs (C(OH)–C–C–N with tert-alkyl or cyclic N) is 1. The Hall–Kier alpha value is -2.68. The van der Waals surface area contributed by atoms with Crippen LogP contribution in [0.2, 0.25) is 0 Å². The lowest BCUT2D eigenvalue weighted by molar-refractivity contribution is -0.136. The molecule has 1 aromatic carbocycles. The lowest BCUT2D eigenvalue weighted by Gasteiger charge is -2.16. The van der Waals surface area contributed by atoms with Crippen LogP contribution in [0, 0.1) is 0 Å². The number of nitrogens with one attached hydrogen (secondary N) is 1. The summed E-state index contributed by atoms with van der Waals surface area (Å²) in [6, 6.07) is 6.22. The van der Waals surface area contributed by atoms with E-state index in [1.54, 1.807) is 12.1 Å². The summed E-state index contributed by atoms with van der Waals surface area (Å²) in [6.45, 7) is -1.03. The smallest absolute Gasteiger partial charge is 0.337 e. The zero-order valence-electron chi connectivity index (χ0n) is 13.5. The molecule has 0 saturated carbocycles. The number of hydrogen-bond acceptors (Lipinski definition) is 6. The van der Waals surface area contributed by atoms with Gasteiger partial charge in [-0.2, -0.15) is 0 Å². The number of halogens is 2. The summed E-state index contributed by atoms with van der Waals surface area (Å²) in [6.07, 6.45) is -2.65. The van der Waals surface area contributed by atoms with Gasteiger partial charge in [-0.25, -0.2) is 13.6 Å². The van der Waals surface area contributed by atoms with Gasteiger partial charge in [0, 0.05) is 6.54 Å². The van der Waals surface area contributed by atoms with Gasteiger partial charge < -0.3 is 24.8 Å². The Kier molecular flexibility index (Phi) is 6.29. The topological polar surface area (TPSA) is 88.1 Å². The molecule has 0 aliphatic carbocycles. The summed E-state index contributed by atoms with van der Waals surface area (Å²) in [4.78, 5) is 25.6. The van der Waals surface area contributed by atoms with E-state index < -0.39 is 24.9 Å². The molecule has 0 saturated heterocycles. The van der Waals surface area contributed by atoms with Crippen molar-refractivity contribution in [3.8, 4) is 5.75 Å². The van der Waals surface area contributed by atoms with Gasteiger partial charge >= 0.3 is 5.97 Å². The van der Waals surface area contributed by atoms with E-state index >= 15 is 0 Å². The van der Waals surface area contributed by atoms with Crippen LogP contribution in [0.3, 0.4) is 0 Å². The van der Waals surface area contributed by atoms with Crippen molar-refractivity contribution in [1.29, 1.82) is 0 Å². The van der Waals surface area contributed by atoms with Gasteiger partial charge in [0.25, 0.3) is 12.3 Å². The summed E-state index contributed by atoms with van der Waals surface area (Å²) in [5, 5.41) is 11.8. The van der Waals surface area contributed by atoms with Gasteiger partial charge in [-0.05, 0) is 12.1 Å². The van der Waals surface area contributed by atoms with Crippen LogP contribution >= 0.6 is 0 Å². The van der Waals surface area contributed by atoms with Crippen molar-refractivity contribution in [2.45, 2.75) is 6.43 Å². The minimum atomic E-state index is -2.65. The van der Waals surface area contributed by atoms with Crippen molar-refractivity contribution in [1.82, 2.24) is 4.90 Å². The van der Waals surface area contributed by atoms with E-state index in [1.807, 2.05) is 0 Å². The fourth-order valence-corrected chi connectivity index (χ4v) is 2.33. The molecule has 1 heterocycles. The molecule has 0 spiro atoms. The Labute approximate surface area is 142 Å². The number of carbonyl (C=O) groups is 2.